The average molecular weight is 309 g/mol. The van der Waals surface area contributed by atoms with Gasteiger partial charge in [0.15, 0.2) is 0 Å². The first kappa shape index (κ1) is 15.5. The number of hydrogen-bond acceptors (Lipinski definition) is 4. The van der Waals surface area contributed by atoms with Crippen LogP contribution in [0, 0.1) is 5.92 Å². The highest BCUT2D eigenvalue weighted by Crippen LogP contribution is 2.14. The summed E-state index contributed by atoms with van der Waals surface area (Å²) in [5.41, 5.74) is 0. The van der Waals surface area contributed by atoms with Crippen molar-refractivity contribution in [1.82, 2.24) is 15.5 Å². The van der Waals surface area contributed by atoms with Crippen LogP contribution in [0.1, 0.15) is 25.1 Å². The van der Waals surface area contributed by atoms with Gasteiger partial charge in [-0.1, -0.05) is 19.9 Å². The Hall–Kier alpha value is -1.89. The Labute approximate surface area is 127 Å². The van der Waals surface area contributed by atoms with Gasteiger partial charge in [0, 0.05) is 4.88 Å². The van der Waals surface area contributed by atoms with Crippen LogP contribution in [0.4, 0.5) is 4.79 Å². The number of carbonyl (C=O) groups is 3. The molecular weight excluding hydrogens is 290 g/mol. The monoisotopic (exact) mass is 309 g/mol. The van der Waals surface area contributed by atoms with Gasteiger partial charge in [-0.3, -0.25) is 14.5 Å². The molecule has 21 heavy (non-hydrogen) atoms. The molecule has 0 unspecified atom stereocenters. The zero-order valence-electron chi connectivity index (χ0n) is 12.1. The maximum Gasteiger partial charge on any atom is 0.325 e. The summed E-state index contributed by atoms with van der Waals surface area (Å²) in [4.78, 5) is 37.7. The molecule has 114 valence electrons. The third-order valence-electron chi connectivity index (χ3n) is 3.16. The smallest absolute Gasteiger partial charge is 0.325 e. The number of nitrogens with zero attached hydrogens (tertiary/aromatic N) is 1. The van der Waals surface area contributed by atoms with E-state index in [9.17, 15) is 14.4 Å². The summed E-state index contributed by atoms with van der Waals surface area (Å²) in [5.74, 6) is -0.357. The Morgan fingerprint density at radius 1 is 1.48 bits per heavy atom. The normalized spacial score (nSPS) is 18.2. The van der Waals surface area contributed by atoms with Crippen molar-refractivity contribution in [3.05, 3.63) is 22.4 Å². The quantitative estimate of drug-likeness (QED) is 0.778. The standard InChI is InChI=1S/C14H19N3O3S/c1-9(2)6-11-13(19)17(14(20)16-11)8-12(18)15-7-10-4-3-5-21-10/h3-5,9,11H,6-8H2,1-2H3,(H,15,18)(H,16,20)/t11-/m0/s1. The van der Waals surface area contributed by atoms with Crippen molar-refractivity contribution in [2.75, 3.05) is 6.54 Å². The van der Waals surface area contributed by atoms with Crippen molar-refractivity contribution in [3.63, 3.8) is 0 Å². The minimum absolute atomic E-state index is 0.232. The zero-order chi connectivity index (χ0) is 15.4. The largest absolute Gasteiger partial charge is 0.350 e. The van der Waals surface area contributed by atoms with Crippen LogP contribution in [0.15, 0.2) is 17.5 Å². The van der Waals surface area contributed by atoms with Crippen molar-refractivity contribution in [1.29, 1.82) is 0 Å². The van der Waals surface area contributed by atoms with Crippen molar-refractivity contribution in [2.24, 2.45) is 5.92 Å². The van der Waals surface area contributed by atoms with Crippen LogP contribution >= 0.6 is 11.3 Å². The lowest BCUT2D eigenvalue weighted by atomic mass is 10.0. The van der Waals surface area contributed by atoms with Gasteiger partial charge in [0.1, 0.15) is 12.6 Å². The lowest BCUT2D eigenvalue weighted by Gasteiger charge is -2.13. The lowest BCUT2D eigenvalue weighted by molar-refractivity contribution is -0.132. The maximum absolute atomic E-state index is 12.1. The highest BCUT2D eigenvalue weighted by Gasteiger charge is 2.38. The summed E-state index contributed by atoms with van der Waals surface area (Å²) in [6.07, 6.45) is 0.581. The fourth-order valence-corrected chi connectivity index (χ4v) is 2.80. The molecule has 1 saturated heterocycles. The predicted octanol–water partition coefficient (Wildman–Crippen LogP) is 1.33. The van der Waals surface area contributed by atoms with E-state index >= 15 is 0 Å². The number of carbonyl (C=O) groups excluding carboxylic acids is 3. The van der Waals surface area contributed by atoms with Gasteiger partial charge in [0.2, 0.25) is 5.91 Å². The van der Waals surface area contributed by atoms with Crippen molar-refractivity contribution >= 4 is 29.2 Å². The molecular formula is C14H19N3O3S. The molecule has 4 amide bonds. The molecule has 2 N–H and O–H groups in total. The molecule has 0 saturated carbocycles. The molecule has 1 atom stereocenters. The molecule has 2 rings (SSSR count). The van der Waals surface area contributed by atoms with Crippen LogP contribution in [0.25, 0.3) is 0 Å². The molecule has 7 heteroatoms. The molecule has 1 aromatic heterocycles. The van der Waals surface area contributed by atoms with E-state index in [1.807, 2.05) is 31.4 Å². The highest BCUT2D eigenvalue weighted by atomic mass is 32.1. The summed E-state index contributed by atoms with van der Waals surface area (Å²) in [7, 11) is 0. The third kappa shape index (κ3) is 4.04. The molecule has 0 spiro atoms. The Balaban J connectivity index is 1.85. The zero-order valence-corrected chi connectivity index (χ0v) is 12.9. The number of urea groups is 1. The van der Waals surface area contributed by atoms with Gasteiger partial charge in [-0.15, -0.1) is 11.3 Å². The second-order valence-corrected chi connectivity index (χ2v) is 6.44. The van der Waals surface area contributed by atoms with E-state index in [-0.39, 0.29) is 18.4 Å². The Morgan fingerprint density at radius 3 is 2.86 bits per heavy atom. The van der Waals surface area contributed by atoms with Crippen LogP contribution in [-0.2, 0) is 16.1 Å². The van der Waals surface area contributed by atoms with Crippen LogP contribution in [0.5, 0.6) is 0 Å². The highest BCUT2D eigenvalue weighted by molar-refractivity contribution is 7.09. The van der Waals surface area contributed by atoms with E-state index in [2.05, 4.69) is 10.6 Å². The van der Waals surface area contributed by atoms with Crippen molar-refractivity contribution in [2.45, 2.75) is 32.9 Å². The van der Waals surface area contributed by atoms with E-state index in [1.165, 1.54) is 0 Å². The summed E-state index contributed by atoms with van der Waals surface area (Å²) in [5, 5.41) is 7.25. The van der Waals surface area contributed by atoms with Crippen LogP contribution < -0.4 is 10.6 Å². The molecule has 0 radical (unpaired) electrons. The van der Waals surface area contributed by atoms with Gasteiger partial charge in [-0.25, -0.2) is 4.79 Å². The average Bonchev–Trinajstić information content (AvgIpc) is 3.00. The van der Waals surface area contributed by atoms with Crippen LogP contribution in [0.3, 0.4) is 0 Å². The molecule has 1 fully saturated rings. The molecule has 0 bridgehead atoms. The maximum atomic E-state index is 12.1. The fraction of sp³-hybridized carbons (Fsp3) is 0.500. The predicted molar refractivity (Wildman–Crippen MR) is 79.7 cm³/mol. The molecule has 1 aliphatic rings. The summed E-state index contributed by atoms with van der Waals surface area (Å²) in [6.45, 7) is 4.14. The minimum Gasteiger partial charge on any atom is -0.350 e. The van der Waals surface area contributed by atoms with E-state index in [0.29, 0.717) is 18.9 Å². The van der Waals surface area contributed by atoms with Gasteiger partial charge >= 0.3 is 6.03 Å². The summed E-state index contributed by atoms with van der Waals surface area (Å²) < 4.78 is 0. The lowest BCUT2D eigenvalue weighted by Crippen LogP contribution is -2.41. The first-order valence-corrected chi connectivity index (χ1v) is 7.76. The summed E-state index contributed by atoms with van der Waals surface area (Å²) >= 11 is 1.54. The number of amides is 4. The number of rotatable bonds is 6. The fourth-order valence-electron chi connectivity index (χ4n) is 2.16. The SMILES string of the molecule is CC(C)C[C@@H]1NC(=O)N(CC(=O)NCc2cccs2)C1=O. The molecule has 0 aromatic carbocycles. The Bertz CT molecular complexity index is 528. The van der Waals surface area contributed by atoms with Gasteiger partial charge < -0.3 is 10.6 Å². The Kier molecular flexibility index (Phi) is 4.95. The van der Waals surface area contributed by atoms with Crippen molar-refractivity contribution < 1.29 is 14.4 Å². The van der Waals surface area contributed by atoms with E-state index in [1.54, 1.807) is 11.3 Å². The molecule has 6 nitrogen and oxygen atoms in total. The summed E-state index contributed by atoms with van der Waals surface area (Å²) in [6, 6.07) is 2.82. The van der Waals surface area contributed by atoms with E-state index in [4.69, 9.17) is 0 Å². The van der Waals surface area contributed by atoms with E-state index < -0.39 is 12.1 Å². The van der Waals surface area contributed by atoms with Crippen molar-refractivity contribution in [3.8, 4) is 0 Å². The van der Waals surface area contributed by atoms with E-state index in [0.717, 1.165) is 9.78 Å². The van der Waals surface area contributed by atoms with Crippen LogP contribution in [-0.4, -0.2) is 35.3 Å². The second-order valence-electron chi connectivity index (χ2n) is 5.41. The molecule has 0 aliphatic carbocycles. The third-order valence-corrected chi connectivity index (χ3v) is 4.03. The molecule has 1 aliphatic heterocycles. The number of thiophene rings is 1. The minimum atomic E-state index is -0.511. The number of imide groups is 1. The first-order valence-electron chi connectivity index (χ1n) is 6.88. The van der Waals surface area contributed by atoms with Crippen LogP contribution in [0.2, 0.25) is 0 Å². The molecule has 1 aromatic rings. The topological polar surface area (TPSA) is 78.5 Å². The molecule has 2 heterocycles. The number of nitrogens with one attached hydrogen (secondary N) is 2. The van der Waals surface area contributed by atoms with Gasteiger partial charge in [-0.2, -0.15) is 0 Å². The van der Waals surface area contributed by atoms with Gasteiger partial charge in [0.05, 0.1) is 6.54 Å². The van der Waals surface area contributed by atoms with Gasteiger partial charge in [-0.05, 0) is 23.8 Å². The second kappa shape index (κ2) is 6.71. The van der Waals surface area contributed by atoms with Gasteiger partial charge in [0.25, 0.3) is 5.91 Å². The number of hydrogen-bond donors (Lipinski definition) is 2. The Morgan fingerprint density at radius 2 is 2.24 bits per heavy atom. The first-order chi connectivity index (χ1) is 9.97.